The Morgan fingerprint density at radius 2 is 1.91 bits per heavy atom. The normalized spacial score (nSPS) is 12.0. The molecule has 1 aromatic carbocycles. The number of benzene rings is 1. The van der Waals surface area contributed by atoms with Crippen LogP contribution in [0.4, 0.5) is 5.69 Å². The summed E-state index contributed by atoms with van der Waals surface area (Å²) in [6.07, 6.45) is 0.344. The summed E-state index contributed by atoms with van der Waals surface area (Å²) in [6.45, 7) is 4.92. The number of amides is 1. The summed E-state index contributed by atoms with van der Waals surface area (Å²) in [4.78, 5) is 24.2. The lowest BCUT2D eigenvalue weighted by Crippen LogP contribution is -2.25. The first kappa shape index (κ1) is 19.1. The summed E-state index contributed by atoms with van der Waals surface area (Å²) in [6, 6.07) is 7.14. The van der Waals surface area contributed by atoms with E-state index in [0.717, 1.165) is 5.56 Å². The number of carbonyl (C=O) groups is 2. The molecule has 6 heteroatoms. The molecular formula is C17H26N2O4. The summed E-state index contributed by atoms with van der Waals surface area (Å²) < 4.78 is 4.88. The first-order valence-electron chi connectivity index (χ1n) is 7.82. The van der Waals surface area contributed by atoms with Gasteiger partial charge in [0.1, 0.15) is 0 Å². The van der Waals surface area contributed by atoms with E-state index in [1.807, 2.05) is 11.9 Å². The molecule has 0 aliphatic heterocycles. The lowest BCUT2D eigenvalue weighted by atomic mass is 10.1. The second-order valence-electron chi connectivity index (χ2n) is 5.47. The zero-order valence-corrected chi connectivity index (χ0v) is 14.0. The van der Waals surface area contributed by atoms with Gasteiger partial charge >= 0.3 is 5.97 Å². The second kappa shape index (κ2) is 9.97. The molecule has 0 aliphatic rings. The topological polar surface area (TPSA) is 78.9 Å². The third-order valence-corrected chi connectivity index (χ3v) is 3.40. The molecule has 2 N–H and O–H groups in total. The molecule has 23 heavy (non-hydrogen) atoms. The number of aliphatic hydroxyl groups excluding tert-OH is 1. The van der Waals surface area contributed by atoms with Crippen molar-refractivity contribution in [2.75, 3.05) is 32.1 Å². The third-order valence-electron chi connectivity index (χ3n) is 3.40. The smallest absolute Gasteiger partial charge is 0.307 e. The predicted molar refractivity (Wildman–Crippen MR) is 89.1 cm³/mol. The molecule has 0 fully saturated rings. The summed E-state index contributed by atoms with van der Waals surface area (Å²) in [5, 5.41) is 12.9. The molecule has 1 rings (SSSR count). The molecule has 0 saturated heterocycles. The van der Waals surface area contributed by atoms with Crippen molar-refractivity contribution in [1.29, 1.82) is 0 Å². The number of esters is 1. The van der Waals surface area contributed by atoms with E-state index >= 15 is 0 Å². The number of ether oxygens (including phenoxy) is 1. The van der Waals surface area contributed by atoms with Gasteiger partial charge in [0, 0.05) is 25.7 Å². The zero-order valence-electron chi connectivity index (χ0n) is 14.0. The maximum atomic E-state index is 11.3. The standard InChI is InChI=1S/C17H26N2O4/c1-4-23-17(22)10-12-19(3)11-9-16(21)14-5-7-15(8-6-14)18-13(2)20/h5-8,16,21H,4,9-12H2,1-3H3,(H,18,20). The summed E-state index contributed by atoms with van der Waals surface area (Å²) in [5.41, 5.74) is 1.51. The van der Waals surface area contributed by atoms with Crippen LogP contribution in [0.25, 0.3) is 0 Å². The van der Waals surface area contributed by atoms with Gasteiger partial charge in [0.25, 0.3) is 0 Å². The Bertz CT molecular complexity index is 502. The molecular weight excluding hydrogens is 296 g/mol. The Labute approximate surface area is 137 Å². The first-order chi connectivity index (χ1) is 10.9. The van der Waals surface area contributed by atoms with Gasteiger partial charge in [-0.05, 0) is 38.1 Å². The lowest BCUT2D eigenvalue weighted by Gasteiger charge is -2.18. The van der Waals surface area contributed by atoms with Crippen molar-refractivity contribution in [2.45, 2.75) is 32.8 Å². The van der Waals surface area contributed by atoms with E-state index in [9.17, 15) is 14.7 Å². The Balaban J connectivity index is 2.36. The Kier molecular flexibility index (Phi) is 8.29. The van der Waals surface area contributed by atoms with Crippen LogP contribution in [0, 0.1) is 0 Å². The maximum absolute atomic E-state index is 11.3. The molecule has 1 atom stereocenters. The van der Waals surface area contributed by atoms with E-state index < -0.39 is 6.10 Å². The highest BCUT2D eigenvalue weighted by atomic mass is 16.5. The fourth-order valence-electron chi connectivity index (χ4n) is 2.13. The van der Waals surface area contributed by atoms with Crippen LogP contribution >= 0.6 is 0 Å². The molecule has 0 radical (unpaired) electrons. The number of nitrogens with zero attached hydrogens (tertiary/aromatic N) is 1. The minimum Gasteiger partial charge on any atom is -0.466 e. The van der Waals surface area contributed by atoms with Crippen molar-refractivity contribution in [3.05, 3.63) is 29.8 Å². The third kappa shape index (κ3) is 7.76. The maximum Gasteiger partial charge on any atom is 0.307 e. The van der Waals surface area contributed by atoms with Gasteiger partial charge in [0.15, 0.2) is 0 Å². The van der Waals surface area contributed by atoms with E-state index in [1.165, 1.54) is 6.92 Å². The van der Waals surface area contributed by atoms with Crippen LogP contribution in [0.5, 0.6) is 0 Å². The average Bonchev–Trinajstić information content (AvgIpc) is 2.51. The minimum absolute atomic E-state index is 0.124. The Hall–Kier alpha value is -1.92. The lowest BCUT2D eigenvalue weighted by molar-refractivity contribution is -0.143. The van der Waals surface area contributed by atoms with E-state index in [1.54, 1.807) is 31.2 Å². The van der Waals surface area contributed by atoms with Crippen LogP contribution in [0.3, 0.4) is 0 Å². The van der Waals surface area contributed by atoms with Gasteiger partial charge in [0.2, 0.25) is 5.91 Å². The van der Waals surface area contributed by atoms with Gasteiger partial charge in [-0.3, -0.25) is 9.59 Å². The highest BCUT2D eigenvalue weighted by Gasteiger charge is 2.10. The molecule has 128 valence electrons. The van der Waals surface area contributed by atoms with Gasteiger partial charge in [-0.25, -0.2) is 0 Å². The van der Waals surface area contributed by atoms with Gasteiger partial charge in [-0.15, -0.1) is 0 Å². The Morgan fingerprint density at radius 1 is 1.26 bits per heavy atom. The largest absolute Gasteiger partial charge is 0.466 e. The number of nitrogens with one attached hydrogen (secondary N) is 1. The van der Waals surface area contributed by atoms with Gasteiger partial charge in [-0.2, -0.15) is 0 Å². The van der Waals surface area contributed by atoms with Crippen LogP contribution in [-0.2, 0) is 14.3 Å². The van der Waals surface area contributed by atoms with Crippen molar-refractivity contribution in [1.82, 2.24) is 4.90 Å². The quantitative estimate of drug-likeness (QED) is 0.679. The average molecular weight is 322 g/mol. The number of anilines is 1. The van der Waals surface area contributed by atoms with Crippen molar-refractivity contribution in [2.24, 2.45) is 0 Å². The van der Waals surface area contributed by atoms with Gasteiger partial charge < -0.3 is 20.1 Å². The number of carbonyl (C=O) groups excluding carboxylic acids is 2. The highest BCUT2D eigenvalue weighted by molar-refractivity contribution is 5.88. The zero-order chi connectivity index (χ0) is 17.2. The molecule has 6 nitrogen and oxygen atoms in total. The molecule has 1 aromatic rings. The molecule has 0 spiro atoms. The van der Waals surface area contributed by atoms with E-state index in [4.69, 9.17) is 4.74 Å². The number of rotatable bonds is 9. The fraction of sp³-hybridized carbons (Fsp3) is 0.529. The van der Waals surface area contributed by atoms with E-state index in [-0.39, 0.29) is 11.9 Å². The van der Waals surface area contributed by atoms with Crippen molar-refractivity contribution >= 4 is 17.6 Å². The van der Waals surface area contributed by atoms with Crippen LogP contribution in [0.2, 0.25) is 0 Å². The van der Waals surface area contributed by atoms with Gasteiger partial charge in [-0.1, -0.05) is 12.1 Å². The second-order valence-corrected chi connectivity index (χ2v) is 5.47. The van der Waals surface area contributed by atoms with E-state index in [0.29, 0.717) is 38.2 Å². The summed E-state index contributed by atoms with van der Waals surface area (Å²) >= 11 is 0. The monoisotopic (exact) mass is 322 g/mol. The highest BCUT2D eigenvalue weighted by Crippen LogP contribution is 2.19. The van der Waals surface area contributed by atoms with Crippen LogP contribution in [0.1, 0.15) is 38.4 Å². The molecule has 1 amide bonds. The summed E-state index contributed by atoms with van der Waals surface area (Å²) in [5.74, 6) is -0.324. The fourth-order valence-corrected chi connectivity index (χ4v) is 2.13. The number of aliphatic hydroxyl groups is 1. The van der Waals surface area contributed by atoms with Crippen LogP contribution in [0.15, 0.2) is 24.3 Å². The minimum atomic E-state index is -0.577. The molecule has 0 aromatic heterocycles. The number of hydrogen-bond acceptors (Lipinski definition) is 5. The molecule has 1 unspecified atom stereocenters. The number of hydrogen-bond donors (Lipinski definition) is 2. The molecule has 0 heterocycles. The first-order valence-corrected chi connectivity index (χ1v) is 7.82. The molecule has 0 aliphatic carbocycles. The van der Waals surface area contributed by atoms with E-state index in [2.05, 4.69) is 5.32 Å². The molecule has 0 bridgehead atoms. The van der Waals surface area contributed by atoms with Crippen molar-refractivity contribution < 1.29 is 19.4 Å². The summed E-state index contributed by atoms with van der Waals surface area (Å²) in [7, 11) is 1.91. The van der Waals surface area contributed by atoms with Crippen LogP contribution < -0.4 is 5.32 Å². The Morgan fingerprint density at radius 3 is 2.48 bits per heavy atom. The molecule has 0 saturated carbocycles. The predicted octanol–water partition coefficient (Wildman–Crippen LogP) is 1.95. The SMILES string of the molecule is CCOC(=O)CCN(C)CCC(O)c1ccc(NC(C)=O)cc1. The van der Waals surface area contributed by atoms with Gasteiger partial charge in [0.05, 0.1) is 19.1 Å². The van der Waals surface area contributed by atoms with Crippen molar-refractivity contribution in [3.8, 4) is 0 Å². The van der Waals surface area contributed by atoms with Crippen LogP contribution in [-0.4, -0.2) is 48.6 Å². The van der Waals surface area contributed by atoms with Crippen molar-refractivity contribution in [3.63, 3.8) is 0 Å².